The van der Waals surface area contributed by atoms with Crippen molar-refractivity contribution in [2.45, 2.75) is 38.3 Å². The van der Waals surface area contributed by atoms with Gasteiger partial charge in [0.05, 0.1) is 6.10 Å². The van der Waals surface area contributed by atoms with Gasteiger partial charge in [0.15, 0.2) is 0 Å². The molecule has 0 amide bonds. The molecule has 2 nitrogen and oxygen atoms in total. The molecule has 0 saturated heterocycles. The van der Waals surface area contributed by atoms with Crippen LogP contribution in [0.15, 0.2) is 24.3 Å². The van der Waals surface area contributed by atoms with Gasteiger partial charge in [-0.3, -0.25) is 0 Å². The van der Waals surface area contributed by atoms with Crippen molar-refractivity contribution in [2.75, 3.05) is 7.05 Å². The van der Waals surface area contributed by atoms with Crippen molar-refractivity contribution in [1.29, 1.82) is 0 Å². The largest absolute Gasteiger partial charge is 0.490 e. The molecule has 0 unspecified atom stereocenters. The Hall–Kier alpha value is -1.02. The van der Waals surface area contributed by atoms with E-state index in [1.165, 1.54) is 31.2 Å². The lowest BCUT2D eigenvalue weighted by molar-refractivity contribution is 0.210. The number of nitrogens with one attached hydrogen (secondary N) is 1. The van der Waals surface area contributed by atoms with E-state index >= 15 is 0 Å². The first-order valence-electron chi connectivity index (χ1n) is 5.78. The molecule has 1 aliphatic rings. The normalized spacial score (nSPS) is 16.9. The Kier molecular flexibility index (Phi) is 3.62. The molecule has 1 aromatic rings. The Bertz CT molecular complexity index is 305. The van der Waals surface area contributed by atoms with Crippen molar-refractivity contribution in [3.05, 3.63) is 29.8 Å². The van der Waals surface area contributed by atoms with E-state index < -0.39 is 0 Å². The highest BCUT2D eigenvalue weighted by atomic mass is 16.5. The van der Waals surface area contributed by atoms with E-state index in [2.05, 4.69) is 29.6 Å². The summed E-state index contributed by atoms with van der Waals surface area (Å²) >= 11 is 0. The maximum atomic E-state index is 5.93. The SMILES string of the molecule is CNCc1cccc(OC2CCCC2)c1. The summed E-state index contributed by atoms with van der Waals surface area (Å²) in [4.78, 5) is 0. The Morgan fingerprint density at radius 3 is 2.87 bits per heavy atom. The van der Waals surface area contributed by atoms with Crippen molar-refractivity contribution in [2.24, 2.45) is 0 Å². The summed E-state index contributed by atoms with van der Waals surface area (Å²) < 4.78 is 5.93. The van der Waals surface area contributed by atoms with Crippen molar-refractivity contribution in [3.8, 4) is 5.75 Å². The summed E-state index contributed by atoms with van der Waals surface area (Å²) in [6, 6.07) is 8.38. The number of hydrogen-bond donors (Lipinski definition) is 1. The van der Waals surface area contributed by atoms with Crippen LogP contribution >= 0.6 is 0 Å². The second kappa shape index (κ2) is 5.17. The monoisotopic (exact) mass is 205 g/mol. The fourth-order valence-electron chi connectivity index (χ4n) is 2.13. The highest BCUT2D eigenvalue weighted by Crippen LogP contribution is 2.24. The zero-order chi connectivity index (χ0) is 10.5. The average Bonchev–Trinajstić information content (AvgIpc) is 2.71. The van der Waals surface area contributed by atoms with Crippen LogP contribution in [0.2, 0.25) is 0 Å². The molecule has 2 rings (SSSR count). The van der Waals surface area contributed by atoms with Crippen molar-refractivity contribution < 1.29 is 4.74 Å². The molecule has 0 atom stereocenters. The first-order valence-corrected chi connectivity index (χ1v) is 5.78. The molecule has 0 heterocycles. The van der Waals surface area contributed by atoms with Gasteiger partial charge in [-0.2, -0.15) is 0 Å². The zero-order valence-electron chi connectivity index (χ0n) is 9.33. The summed E-state index contributed by atoms with van der Waals surface area (Å²) in [5.74, 6) is 1.02. The van der Waals surface area contributed by atoms with Crippen molar-refractivity contribution in [3.63, 3.8) is 0 Å². The molecule has 1 aromatic carbocycles. The number of ether oxygens (including phenoxy) is 1. The van der Waals surface area contributed by atoms with Gasteiger partial charge in [-0.25, -0.2) is 0 Å². The molecule has 1 saturated carbocycles. The summed E-state index contributed by atoms with van der Waals surface area (Å²) in [5, 5.41) is 3.15. The average molecular weight is 205 g/mol. The van der Waals surface area contributed by atoms with Gasteiger partial charge in [0, 0.05) is 6.54 Å². The molecular weight excluding hydrogens is 186 g/mol. The lowest BCUT2D eigenvalue weighted by Crippen LogP contribution is -2.11. The third-order valence-corrected chi connectivity index (χ3v) is 2.88. The lowest BCUT2D eigenvalue weighted by Gasteiger charge is -2.13. The van der Waals surface area contributed by atoms with E-state index in [1.807, 2.05) is 7.05 Å². The Morgan fingerprint density at radius 2 is 2.13 bits per heavy atom. The van der Waals surface area contributed by atoms with Crippen LogP contribution in [0.1, 0.15) is 31.2 Å². The van der Waals surface area contributed by atoms with Crippen LogP contribution < -0.4 is 10.1 Å². The second-order valence-electron chi connectivity index (χ2n) is 4.20. The molecule has 0 spiro atoms. The molecular formula is C13H19NO. The van der Waals surface area contributed by atoms with Crippen molar-refractivity contribution in [1.82, 2.24) is 5.32 Å². The molecule has 0 bridgehead atoms. The van der Waals surface area contributed by atoms with Gasteiger partial charge in [-0.15, -0.1) is 0 Å². The lowest BCUT2D eigenvalue weighted by atomic mass is 10.2. The van der Waals surface area contributed by atoms with Crippen LogP contribution in [-0.4, -0.2) is 13.2 Å². The smallest absolute Gasteiger partial charge is 0.120 e. The van der Waals surface area contributed by atoms with E-state index in [0.717, 1.165) is 12.3 Å². The fraction of sp³-hybridized carbons (Fsp3) is 0.538. The van der Waals surface area contributed by atoms with Crippen molar-refractivity contribution >= 4 is 0 Å². The van der Waals surface area contributed by atoms with Gasteiger partial charge in [-0.05, 0) is 50.4 Å². The fourth-order valence-corrected chi connectivity index (χ4v) is 2.13. The van der Waals surface area contributed by atoms with E-state index in [-0.39, 0.29) is 0 Å². The van der Waals surface area contributed by atoms with E-state index in [9.17, 15) is 0 Å². The van der Waals surface area contributed by atoms with Gasteiger partial charge in [-0.1, -0.05) is 12.1 Å². The summed E-state index contributed by atoms with van der Waals surface area (Å²) in [5.41, 5.74) is 1.29. The standard InChI is InChI=1S/C13H19NO/c1-14-10-11-5-4-8-13(9-11)15-12-6-2-3-7-12/h4-5,8-9,12,14H,2-3,6-7,10H2,1H3. The highest BCUT2D eigenvalue weighted by Gasteiger charge is 2.16. The maximum absolute atomic E-state index is 5.93. The Labute approximate surface area is 91.6 Å². The molecule has 0 aromatic heterocycles. The summed E-state index contributed by atoms with van der Waals surface area (Å²) in [6.07, 6.45) is 5.53. The predicted molar refractivity (Wildman–Crippen MR) is 62.1 cm³/mol. The van der Waals surface area contributed by atoms with Crippen LogP contribution in [0.4, 0.5) is 0 Å². The molecule has 15 heavy (non-hydrogen) atoms. The van der Waals surface area contributed by atoms with Gasteiger partial charge < -0.3 is 10.1 Å². The molecule has 1 fully saturated rings. The van der Waals surface area contributed by atoms with E-state index in [4.69, 9.17) is 4.74 Å². The zero-order valence-corrected chi connectivity index (χ0v) is 9.33. The minimum absolute atomic E-state index is 0.454. The summed E-state index contributed by atoms with van der Waals surface area (Å²) in [7, 11) is 1.96. The molecule has 1 aliphatic carbocycles. The minimum atomic E-state index is 0.454. The van der Waals surface area contributed by atoms with E-state index in [0.29, 0.717) is 6.10 Å². The van der Waals surface area contributed by atoms with E-state index in [1.54, 1.807) is 0 Å². The molecule has 2 heteroatoms. The Morgan fingerprint density at radius 1 is 1.33 bits per heavy atom. The van der Waals surface area contributed by atoms with Gasteiger partial charge in [0.1, 0.15) is 5.75 Å². The van der Waals surface area contributed by atoms with Crippen LogP contribution in [0.5, 0.6) is 5.75 Å². The number of hydrogen-bond acceptors (Lipinski definition) is 2. The highest BCUT2D eigenvalue weighted by molar-refractivity contribution is 5.28. The molecule has 0 aliphatic heterocycles. The second-order valence-corrected chi connectivity index (χ2v) is 4.20. The first-order chi connectivity index (χ1) is 7.38. The number of rotatable bonds is 4. The number of benzene rings is 1. The first kappa shape index (κ1) is 10.5. The van der Waals surface area contributed by atoms with Gasteiger partial charge in [0.25, 0.3) is 0 Å². The Balaban J connectivity index is 1.97. The molecule has 82 valence electrons. The molecule has 0 radical (unpaired) electrons. The quantitative estimate of drug-likeness (QED) is 0.816. The topological polar surface area (TPSA) is 21.3 Å². The van der Waals surface area contributed by atoms with Crippen LogP contribution in [0.25, 0.3) is 0 Å². The molecule has 1 N–H and O–H groups in total. The van der Waals surface area contributed by atoms with Gasteiger partial charge in [0.2, 0.25) is 0 Å². The predicted octanol–water partition coefficient (Wildman–Crippen LogP) is 2.73. The van der Waals surface area contributed by atoms with Crippen LogP contribution in [-0.2, 0) is 6.54 Å². The third kappa shape index (κ3) is 2.96. The maximum Gasteiger partial charge on any atom is 0.120 e. The third-order valence-electron chi connectivity index (χ3n) is 2.88. The minimum Gasteiger partial charge on any atom is -0.490 e. The van der Waals surface area contributed by atoms with Crippen LogP contribution in [0.3, 0.4) is 0 Å². The van der Waals surface area contributed by atoms with Gasteiger partial charge >= 0.3 is 0 Å². The summed E-state index contributed by atoms with van der Waals surface area (Å²) in [6.45, 7) is 0.905. The van der Waals surface area contributed by atoms with Crippen LogP contribution in [0, 0.1) is 0 Å².